The normalized spacial score (nSPS) is 10.6. The van der Waals surface area contributed by atoms with Gasteiger partial charge in [-0.05, 0) is 48.5 Å². The zero-order chi connectivity index (χ0) is 18.7. The molecule has 0 radical (unpaired) electrons. The van der Waals surface area contributed by atoms with Gasteiger partial charge in [-0.2, -0.15) is 0 Å². The fraction of sp³-hybridized carbons (Fsp3) is 0.217. The smallest absolute Gasteiger partial charge is 0.119 e. The molecule has 3 rings (SSSR count). The van der Waals surface area contributed by atoms with Gasteiger partial charge in [0.1, 0.15) is 12.4 Å². The Hall–Kier alpha value is -2.82. The van der Waals surface area contributed by atoms with Crippen LogP contribution in [0.3, 0.4) is 0 Å². The first-order valence-electron chi connectivity index (χ1n) is 9.08. The molecule has 0 amide bonds. The molecule has 0 heterocycles. The SMILES string of the molecule is COCCOCCOc1ccc(N(c2ccccc2)c2ccccc2)cc1. The van der Waals surface area contributed by atoms with Gasteiger partial charge < -0.3 is 19.1 Å². The van der Waals surface area contributed by atoms with E-state index in [0.717, 1.165) is 22.8 Å². The van der Waals surface area contributed by atoms with Gasteiger partial charge in [0, 0.05) is 24.2 Å². The van der Waals surface area contributed by atoms with Crippen molar-refractivity contribution in [1.29, 1.82) is 0 Å². The van der Waals surface area contributed by atoms with Crippen LogP contribution in [0.2, 0.25) is 0 Å². The van der Waals surface area contributed by atoms with Crippen LogP contribution in [0.4, 0.5) is 17.1 Å². The number of benzene rings is 3. The van der Waals surface area contributed by atoms with Crippen LogP contribution >= 0.6 is 0 Å². The minimum Gasteiger partial charge on any atom is -0.491 e. The maximum absolute atomic E-state index is 5.75. The Balaban J connectivity index is 1.69. The predicted molar refractivity (Wildman–Crippen MR) is 109 cm³/mol. The molecule has 0 unspecified atom stereocenters. The number of anilines is 3. The van der Waals surface area contributed by atoms with E-state index in [-0.39, 0.29) is 0 Å². The Morgan fingerprint density at radius 3 is 1.67 bits per heavy atom. The van der Waals surface area contributed by atoms with Gasteiger partial charge in [0.05, 0.1) is 19.8 Å². The highest BCUT2D eigenvalue weighted by Crippen LogP contribution is 2.34. The van der Waals surface area contributed by atoms with Crippen LogP contribution in [-0.2, 0) is 9.47 Å². The summed E-state index contributed by atoms with van der Waals surface area (Å²) in [5.74, 6) is 0.829. The van der Waals surface area contributed by atoms with E-state index < -0.39 is 0 Å². The molecule has 0 saturated carbocycles. The second-order valence-corrected chi connectivity index (χ2v) is 5.95. The molecule has 0 saturated heterocycles. The highest BCUT2D eigenvalue weighted by atomic mass is 16.5. The Kier molecular flexibility index (Phi) is 7.27. The molecule has 0 bridgehead atoms. The van der Waals surface area contributed by atoms with Crippen molar-refractivity contribution in [2.45, 2.75) is 0 Å². The van der Waals surface area contributed by atoms with Gasteiger partial charge in [-0.25, -0.2) is 0 Å². The van der Waals surface area contributed by atoms with Gasteiger partial charge in [0.2, 0.25) is 0 Å². The van der Waals surface area contributed by atoms with Crippen LogP contribution in [0.25, 0.3) is 0 Å². The van der Waals surface area contributed by atoms with Crippen LogP contribution in [0.1, 0.15) is 0 Å². The molecular formula is C23H25NO3. The van der Waals surface area contributed by atoms with Crippen LogP contribution in [0, 0.1) is 0 Å². The van der Waals surface area contributed by atoms with Gasteiger partial charge in [-0.3, -0.25) is 0 Å². The summed E-state index contributed by atoms with van der Waals surface area (Å²) in [5, 5.41) is 0. The summed E-state index contributed by atoms with van der Waals surface area (Å²) >= 11 is 0. The van der Waals surface area contributed by atoms with Crippen LogP contribution in [0.5, 0.6) is 5.75 Å². The van der Waals surface area contributed by atoms with E-state index in [4.69, 9.17) is 14.2 Å². The lowest BCUT2D eigenvalue weighted by molar-refractivity contribution is 0.0544. The van der Waals surface area contributed by atoms with Crippen molar-refractivity contribution in [2.75, 3.05) is 38.4 Å². The summed E-state index contributed by atoms with van der Waals surface area (Å²) in [6.45, 7) is 2.25. The van der Waals surface area contributed by atoms with Crippen molar-refractivity contribution in [3.8, 4) is 5.75 Å². The Bertz CT molecular complexity index is 736. The number of hydrogen-bond donors (Lipinski definition) is 0. The van der Waals surface area contributed by atoms with E-state index in [1.54, 1.807) is 7.11 Å². The summed E-state index contributed by atoms with van der Waals surface area (Å²) in [7, 11) is 1.66. The Labute approximate surface area is 160 Å². The average Bonchev–Trinajstić information content (AvgIpc) is 2.73. The van der Waals surface area contributed by atoms with E-state index in [1.165, 1.54) is 0 Å². The maximum Gasteiger partial charge on any atom is 0.119 e. The minimum atomic E-state index is 0.518. The summed E-state index contributed by atoms with van der Waals surface area (Å²) in [6.07, 6.45) is 0. The van der Waals surface area contributed by atoms with E-state index in [9.17, 15) is 0 Å². The van der Waals surface area contributed by atoms with Crippen molar-refractivity contribution < 1.29 is 14.2 Å². The third-order valence-corrected chi connectivity index (χ3v) is 4.05. The van der Waals surface area contributed by atoms with Crippen molar-refractivity contribution >= 4 is 17.1 Å². The maximum atomic E-state index is 5.75. The third kappa shape index (κ3) is 5.58. The van der Waals surface area contributed by atoms with E-state index in [0.29, 0.717) is 26.4 Å². The van der Waals surface area contributed by atoms with Gasteiger partial charge in [-0.15, -0.1) is 0 Å². The molecule has 27 heavy (non-hydrogen) atoms. The van der Waals surface area contributed by atoms with Crippen molar-refractivity contribution in [3.05, 3.63) is 84.9 Å². The molecule has 0 aliphatic carbocycles. The molecule has 3 aromatic rings. The predicted octanol–water partition coefficient (Wildman–Crippen LogP) is 5.20. The first-order chi connectivity index (χ1) is 13.4. The molecule has 0 fully saturated rings. The molecule has 0 aliphatic rings. The fourth-order valence-electron chi connectivity index (χ4n) is 2.76. The average molecular weight is 363 g/mol. The highest BCUT2D eigenvalue weighted by molar-refractivity contribution is 5.76. The summed E-state index contributed by atoms with van der Waals surface area (Å²) in [4.78, 5) is 2.22. The summed E-state index contributed by atoms with van der Waals surface area (Å²) in [5.41, 5.74) is 3.31. The van der Waals surface area contributed by atoms with Gasteiger partial charge in [0.15, 0.2) is 0 Å². The number of ether oxygens (including phenoxy) is 3. The molecule has 4 nitrogen and oxygen atoms in total. The molecule has 4 heteroatoms. The fourth-order valence-corrected chi connectivity index (χ4v) is 2.76. The van der Waals surface area contributed by atoms with E-state index in [2.05, 4.69) is 41.3 Å². The molecule has 0 N–H and O–H groups in total. The first kappa shape index (κ1) is 19.0. The minimum absolute atomic E-state index is 0.518. The van der Waals surface area contributed by atoms with Gasteiger partial charge in [0.25, 0.3) is 0 Å². The second kappa shape index (κ2) is 10.4. The molecule has 140 valence electrons. The number of rotatable bonds is 10. The lowest BCUT2D eigenvalue weighted by Gasteiger charge is -2.25. The van der Waals surface area contributed by atoms with Crippen molar-refractivity contribution in [1.82, 2.24) is 0 Å². The molecule has 0 aliphatic heterocycles. The molecule has 0 aromatic heterocycles. The Morgan fingerprint density at radius 2 is 1.11 bits per heavy atom. The number of nitrogens with zero attached hydrogens (tertiary/aromatic N) is 1. The lowest BCUT2D eigenvalue weighted by atomic mass is 10.2. The first-order valence-corrected chi connectivity index (χ1v) is 9.08. The zero-order valence-corrected chi connectivity index (χ0v) is 15.6. The lowest BCUT2D eigenvalue weighted by Crippen LogP contribution is -2.11. The molecular weight excluding hydrogens is 338 g/mol. The number of para-hydroxylation sites is 2. The third-order valence-electron chi connectivity index (χ3n) is 4.05. The topological polar surface area (TPSA) is 30.9 Å². The largest absolute Gasteiger partial charge is 0.491 e. The molecule has 0 spiro atoms. The Morgan fingerprint density at radius 1 is 0.593 bits per heavy atom. The van der Waals surface area contributed by atoms with Crippen LogP contribution in [0.15, 0.2) is 84.9 Å². The van der Waals surface area contributed by atoms with Crippen molar-refractivity contribution in [3.63, 3.8) is 0 Å². The quantitative estimate of drug-likeness (QED) is 0.463. The monoisotopic (exact) mass is 363 g/mol. The number of hydrogen-bond acceptors (Lipinski definition) is 4. The summed E-state index contributed by atoms with van der Waals surface area (Å²) in [6, 6.07) is 28.8. The number of methoxy groups -OCH3 is 1. The van der Waals surface area contributed by atoms with Gasteiger partial charge >= 0.3 is 0 Å². The van der Waals surface area contributed by atoms with Crippen LogP contribution < -0.4 is 9.64 Å². The van der Waals surface area contributed by atoms with Crippen molar-refractivity contribution in [2.24, 2.45) is 0 Å². The highest BCUT2D eigenvalue weighted by Gasteiger charge is 2.11. The second-order valence-electron chi connectivity index (χ2n) is 5.95. The molecule has 3 aromatic carbocycles. The van der Waals surface area contributed by atoms with E-state index in [1.807, 2.05) is 48.5 Å². The standard InChI is InChI=1S/C23H25NO3/c1-25-16-17-26-18-19-27-23-14-12-22(13-15-23)24(20-8-4-2-5-9-20)21-10-6-3-7-11-21/h2-15H,16-19H2,1H3. The summed E-state index contributed by atoms with van der Waals surface area (Å²) < 4.78 is 16.1. The molecule has 0 atom stereocenters. The zero-order valence-electron chi connectivity index (χ0n) is 15.6. The van der Waals surface area contributed by atoms with E-state index >= 15 is 0 Å². The van der Waals surface area contributed by atoms with Crippen LogP contribution in [-0.4, -0.2) is 33.5 Å². The van der Waals surface area contributed by atoms with Gasteiger partial charge in [-0.1, -0.05) is 36.4 Å².